The number of carboxylic acids is 4. The van der Waals surface area contributed by atoms with Gasteiger partial charge in [-0.15, -0.1) is 0 Å². The molecule has 2 rings (SSSR count). The molecule has 1 aliphatic heterocycles. The second-order valence-electron chi connectivity index (χ2n) is 9.57. The first-order valence-electron chi connectivity index (χ1n) is 12.2. The predicted octanol–water partition coefficient (Wildman–Crippen LogP) is -5.63. The molecule has 0 aromatic heterocycles. The summed E-state index contributed by atoms with van der Waals surface area (Å²) >= 11 is 0. The number of hydrogen-bond acceptors (Lipinski definition) is 12. The Morgan fingerprint density at radius 1 is 0.622 bits per heavy atom. The van der Waals surface area contributed by atoms with Gasteiger partial charge in [0.05, 0.1) is 23.9 Å². The summed E-state index contributed by atoms with van der Waals surface area (Å²) in [6.45, 7) is 2.23. The summed E-state index contributed by atoms with van der Waals surface area (Å²) in [5.74, 6) is -5.36. The third-order valence-corrected chi connectivity index (χ3v) is 6.29. The highest BCUT2D eigenvalue weighted by molar-refractivity contribution is 5.67. The number of hydrogen-bond donors (Lipinski definition) is 0. The van der Waals surface area contributed by atoms with Crippen molar-refractivity contribution in [1.82, 2.24) is 19.6 Å². The lowest BCUT2D eigenvalue weighted by atomic mass is 9.97. The third kappa shape index (κ3) is 12.6. The molecular weight excluding hydrogens is 484 g/mol. The molecule has 0 amide bonds. The minimum absolute atomic E-state index is 0.188. The van der Waals surface area contributed by atoms with Crippen molar-refractivity contribution in [1.29, 1.82) is 0 Å². The summed E-state index contributed by atoms with van der Waals surface area (Å²) in [6.07, 6.45) is 0.541. The first kappa shape index (κ1) is 30.2. The number of aliphatic carboxylic acids is 4. The monoisotopic (exact) mass is 518 g/mol. The number of carbonyl (C=O) groups is 4. The molecule has 37 heavy (non-hydrogen) atoms. The number of carboxylic acid groups (broad SMARTS) is 4. The number of rotatable bonds is 10. The van der Waals surface area contributed by atoms with Gasteiger partial charge in [-0.2, -0.15) is 0 Å². The van der Waals surface area contributed by atoms with Crippen LogP contribution in [0.3, 0.4) is 0 Å². The molecule has 0 aliphatic carbocycles. The van der Waals surface area contributed by atoms with Gasteiger partial charge in [0.25, 0.3) is 0 Å². The normalized spacial score (nSPS) is 18.4. The summed E-state index contributed by atoms with van der Waals surface area (Å²) < 4.78 is 0. The molecule has 0 radical (unpaired) electrons. The van der Waals surface area contributed by atoms with Crippen molar-refractivity contribution in [3.63, 3.8) is 0 Å². The Kier molecular flexibility index (Phi) is 12.4. The highest BCUT2D eigenvalue weighted by Gasteiger charge is 2.22. The topological polar surface area (TPSA) is 173 Å². The molecule has 12 nitrogen and oxygen atoms in total. The fourth-order valence-electron chi connectivity index (χ4n) is 4.56. The zero-order chi connectivity index (χ0) is 27.4. The quantitative estimate of drug-likeness (QED) is 0.288. The highest BCUT2D eigenvalue weighted by Crippen LogP contribution is 2.15. The number of carbonyl (C=O) groups excluding carboxylic acids is 4. The molecule has 0 spiro atoms. The number of nitrogens with zero attached hydrogens (tertiary/aromatic N) is 4. The van der Waals surface area contributed by atoms with Gasteiger partial charge in [-0.3, -0.25) is 19.6 Å². The van der Waals surface area contributed by atoms with Gasteiger partial charge in [0.1, 0.15) is 0 Å². The van der Waals surface area contributed by atoms with Gasteiger partial charge >= 0.3 is 0 Å². The molecule has 0 N–H and O–H groups in total. The van der Waals surface area contributed by atoms with E-state index in [2.05, 4.69) is 0 Å². The van der Waals surface area contributed by atoms with Gasteiger partial charge in [-0.25, -0.2) is 0 Å². The van der Waals surface area contributed by atoms with Crippen LogP contribution in [0.4, 0.5) is 0 Å². The standard InChI is InChI=1S/C25H38N4O8/c1-19-2-4-20(5-3-19)12-21-13-28(17-24(34)35)10-8-26(15-22(30)31)6-7-27(16-23(32)33)9-11-29(14-21)18-25(36)37/h2-5,21H,6-18H2,1H3,(H,30,31)(H,32,33)(H,34,35)(H,36,37)/p-4. The Hall–Kier alpha value is -3.06. The van der Waals surface area contributed by atoms with E-state index in [9.17, 15) is 39.6 Å². The SMILES string of the molecule is Cc1ccc(CC2CN(CC(=O)[O-])CCN(CC(=O)[O-])CCN(CC(=O)[O-])CCN(CC(=O)[O-])C2)cc1. The molecule has 1 saturated heterocycles. The van der Waals surface area contributed by atoms with Crippen LogP contribution in [-0.4, -0.2) is 122 Å². The van der Waals surface area contributed by atoms with Crippen molar-refractivity contribution in [3.05, 3.63) is 35.4 Å². The van der Waals surface area contributed by atoms with Crippen LogP contribution in [0.15, 0.2) is 24.3 Å². The average molecular weight is 519 g/mol. The Morgan fingerprint density at radius 3 is 1.30 bits per heavy atom. The molecule has 1 aromatic rings. The maximum Gasteiger partial charge on any atom is 0.0555 e. The molecule has 0 saturated carbocycles. The maximum absolute atomic E-state index is 11.5. The van der Waals surface area contributed by atoms with Crippen molar-refractivity contribution in [2.75, 3.05) is 78.5 Å². The van der Waals surface area contributed by atoms with Crippen molar-refractivity contribution < 1.29 is 39.6 Å². The Bertz CT molecular complexity index is 860. The molecule has 0 bridgehead atoms. The van der Waals surface area contributed by atoms with Crippen LogP contribution >= 0.6 is 0 Å². The molecule has 12 heteroatoms. The molecule has 0 atom stereocenters. The lowest BCUT2D eigenvalue weighted by molar-refractivity contribution is -0.308. The van der Waals surface area contributed by atoms with E-state index < -0.39 is 37.0 Å². The minimum atomic E-state index is -1.31. The van der Waals surface area contributed by atoms with Crippen molar-refractivity contribution >= 4 is 23.9 Å². The van der Waals surface area contributed by atoms with Crippen LogP contribution in [0.25, 0.3) is 0 Å². The molecule has 1 heterocycles. The average Bonchev–Trinajstić information content (AvgIpc) is 2.79. The smallest absolute Gasteiger partial charge is 0.0555 e. The summed E-state index contributed by atoms with van der Waals surface area (Å²) in [5.41, 5.74) is 2.08. The Labute approximate surface area is 216 Å². The first-order chi connectivity index (χ1) is 17.5. The van der Waals surface area contributed by atoms with E-state index in [1.54, 1.807) is 19.6 Å². The second-order valence-corrected chi connectivity index (χ2v) is 9.57. The van der Waals surface area contributed by atoms with E-state index in [4.69, 9.17) is 0 Å². The lowest BCUT2D eigenvalue weighted by Crippen LogP contribution is -2.48. The van der Waals surface area contributed by atoms with E-state index in [1.165, 1.54) is 0 Å². The zero-order valence-corrected chi connectivity index (χ0v) is 21.1. The Balaban J connectivity index is 2.35. The van der Waals surface area contributed by atoms with Gasteiger partial charge < -0.3 is 39.6 Å². The van der Waals surface area contributed by atoms with E-state index >= 15 is 0 Å². The number of benzene rings is 1. The fourth-order valence-corrected chi connectivity index (χ4v) is 4.56. The minimum Gasteiger partial charge on any atom is -0.549 e. The molecule has 206 valence electrons. The van der Waals surface area contributed by atoms with Crippen LogP contribution < -0.4 is 20.4 Å². The van der Waals surface area contributed by atoms with Gasteiger partial charge in [0, 0.05) is 78.5 Å². The summed E-state index contributed by atoms with van der Waals surface area (Å²) in [6, 6.07) is 7.85. The Morgan fingerprint density at radius 2 is 0.946 bits per heavy atom. The summed E-state index contributed by atoms with van der Waals surface area (Å²) in [5, 5.41) is 45.5. The fraction of sp³-hybridized carbons (Fsp3) is 0.600. The molecule has 1 fully saturated rings. The van der Waals surface area contributed by atoms with E-state index in [0.717, 1.165) is 11.1 Å². The molecule has 1 aromatic carbocycles. The van der Waals surface area contributed by atoms with E-state index in [0.29, 0.717) is 19.5 Å². The van der Waals surface area contributed by atoms with Crippen LogP contribution in [0.2, 0.25) is 0 Å². The maximum atomic E-state index is 11.5. The number of aryl methyl sites for hydroxylation is 1. The van der Waals surface area contributed by atoms with Crippen molar-refractivity contribution in [2.45, 2.75) is 13.3 Å². The highest BCUT2D eigenvalue weighted by atomic mass is 16.4. The molecular formula is C25H34N4O8-4. The van der Waals surface area contributed by atoms with E-state index in [1.807, 2.05) is 31.2 Å². The lowest BCUT2D eigenvalue weighted by Gasteiger charge is -2.33. The van der Waals surface area contributed by atoms with Crippen molar-refractivity contribution in [2.24, 2.45) is 5.92 Å². The second kappa shape index (κ2) is 15.3. The van der Waals surface area contributed by atoms with Gasteiger partial charge in [-0.05, 0) is 24.8 Å². The van der Waals surface area contributed by atoms with E-state index in [-0.39, 0.29) is 58.3 Å². The first-order valence-corrected chi connectivity index (χ1v) is 12.2. The van der Waals surface area contributed by atoms with Crippen LogP contribution in [0.5, 0.6) is 0 Å². The predicted molar refractivity (Wildman–Crippen MR) is 124 cm³/mol. The van der Waals surface area contributed by atoms with Gasteiger partial charge in [-0.1, -0.05) is 29.8 Å². The third-order valence-electron chi connectivity index (χ3n) is 6.29. The van der Waals surface area contributed by atoms with Gasteiger partial charge in [0.2, 0.25) is 0 Å². The summed E-state index contributed by atoms with van der Waals surface area (Å²) in [4.78, 5) is 52.0. The molecule has 1 aliphatic rings. The molecule has 0 unspecified atom stereocenters. The van der Waals surface area contributed by atoms with Gasteiger partial charge in [0.15, 0.2) is 0 Å². The van der Waals surface area contributed by atoms with Crippen LogP contribution in [-0.2, 0) is 25.6 Å². The largest absolute Gasteiger partial charge is 0.549 e. The van der Waals surface area contributed by atoms with Crippen molar-refractivity contribution in [3.8, 4) is 0 Å². The summed E-state index contributed by atoms with van der Waals surface area (Å²) in [7, 11) is 0. The van der Waals surface area contributed by atoms with Crippen LogP contribution in [0, 0.1) is 12.8 Å². The zero-order valence-electron chi connectivity index (χ0n) is 21.1. The van der Waals surface area contributed by atoms with Crippen LogP contribution in [0.1, 0.15) is 11.1 Å².